The molecule has 104 valence electrons. The fourth-order valence-electron chi connectivity index (χ4n) is 2.11. The van der Waals surface area contributed by atoms with Crippen LogP contribution < -0.4 is 10.2 Å². The minimum Gasteiger partial charge on any atom is -0.378 e. The van der Waals surface area contributed by atoms with Gasteiger partial charge >= 0.3 is 0 Å². The molecule has 0 fully saturated rings. The van der Waals surface area contributed by atoms with Gasteiger partial charge in [0.25, 0.3) is 5.91 Å². The molecule has 19 heavy (non-hydrogen) atoms. The zero-order valence-electron chi connectivity index (χ0n) is 11.1. The van der Waals surface area contributed by atoms with Gasteiger partial charge in [-0.2, -0.15) is 11.8 Å². The van der Waals surface area contributed by atoms with Gasteiger partial charge in [0.2, 0.25) is 0 Å². The van der Waals surface area contributed by atoms with Gasteiger partial charge in [0.1, 0.15) is 5.82 Å². The fraction of sp³-hybridized carbons (Fsp3) is 0.462. The largest absolute Gasteiger partial charge is 0.378 e. The number of hydrogen-bond donors (Lipinski definition) is 2. The summed E-state index contributed by atoms with van der Waals surface area (Å²) in [5.74, 6) is -0.0572. The monoisotopic (exact) mass is 284 g/mol. The number of fused-ring (bicyclic) bond motifs is 1. The van der Waals surface area contributed by atoms with E-state index < -0.39 is 17.8 Å². The second-order valence-corrected chi connectivity index (χ2v) is 5.61. The Hall–Kier alpha value is -1.27. The first-order valence-corrected chi connectivity index (χ1v) is 7.39. The van der Waals surface area contributed by atoms with Crippen LogP contribution in [0.5, 0.6) is 0 Å². The van der Waals surface area contributed by atoms with E-state index in [4.69, 9.17) is 0 Å². The van der Waals surface area contributed by atoms with Crippen molar-refractivity contribution in [1.29, 1.82) is 0 Å². The molecule has 2 rings (SSSR count). The molecule has 1 aromatic rings. The Morgan fingerprint density at radius 1 is 1.58 bits per heavy atom. The van der Waals surface area contributed by atoms with Crippen molar-refractivity contribution in [3.8, 4) is 0 Å². The van der Waals surface area contributed by atoms with E-state index in [1.165, 1.54) is 6.07 Å². The predicted molar refractivity (Wildman–Crippen MR) is 76.2 cm³/mol. The van der Waals surface area contributed by atoms with Crippen LogP contribution in [0, 0.1) is 5.82 Å². The Bertz CT molecular complexity index is 510. The predicted octanol–water partition coefficient (Wildman–Crippen LogP) is 2.00. The maximum Gasteiger partial charge on any atom is 0.257 e. The first-order chi connectivity index (χ1) is 8.95. The summed E-state index contributed by atoms with van der Waals surface area (Å²) in [6.07, 6.45) is 0.729. The molecular formula is C13H17FN2O2S. The summed E-state index contributed by atoms with van der Waals surface area (Å²) in [6.45, 7) is 2.01. The molecule has 1 aliphatic heterocycles. The fourth-order valence-corrected chi connectivity index (χ4v) is 2.82. The zero-order valence-corrected chi connectivity index (χ0v) is 11.9. The summed E-state index contributed by atoms with van der Waals surface area (Å²) in [6, 6.07) is 2.98. The molecule has 1 heterocycles. The second kappa shape index (κ2) is 5.38. The molecule has 0 radical (unpaired) electrons. The van der Waals surface area contributed by atoms with E-state index in [0.29, 0.717) is 16.9 Å². The maximum atomic E-state index is 14.1. The normalized spacial score (nSPS) is 19.0. The molecule has 4 nitrogen and oxygen atoms in total. The standard InChI is InChI=1S/C13H17FN2O2S/c1-7(6-19-3)16(2)11-5-10-8(4-9(11)14)12(17)13(18)15-10/h4-5,7,12,17H,6H2,1-3H3,(H,15,18). The van der Waals surface area contributed by atoms with Crippen LogP contribution in [0.25, 0.3) is 0 Å². The summed E-state index contributed by atoms with van der Waals surface area (Å²) in [7, 11) is 1.82. The number of nitrogens with one attached hydrogen (secondary N) is 1. The number of nitrogens with zero attached hydrogens (tertiary/aromatic N) is 1. The summed E-state index contributed by atoms with van der Waals surface area (Å²) in [5.41, 5.74) is 1.21. The van der Waals surface area contributed by atoms with Crippen molar-refractivity contribution in [1.82, 2.24) is 0 Å². The molecule has 1 amide bonds. The molecule has 0 saturated heterocycles. The minimum atomic E-state index is -1.27. The lowest BCUT2D eigenvalue weighted by atomic mass is 10.1. The number of thioether (sulfide) groups is 1. The van der Waals surface area contributed by atoms with Crippen LogP contribution in [0.4, 0.5) is 15.8 Å². The average Bonchev–Trinajstić information content (AvgIpc) is 2.64. The van der Waals surface area contributed by atoms with Crippen LogP contribution >= 0.6 is 11.8 Å². The Morgan fingerprint density at radius 3 is 2.89 bits per heavy atom. The van der Waals surface area contributed by atoms with Gasteiger partial charge in [0.15, 0.2) is 6.10 Å². The van der Waals surface area contributed by atoms with Gasteiger partial charge in [-0.1, -0.05) is 0 Å². The molecule has 1 aliphatic rings. The first-order valence-electron chi connectivity index (χ1n) is 5.99. The van der Waals surface area contributed by atoms with E-state index >= 15 is 0 Å². The number of halogens is 1. The van der Waals surface area contributed by atoms with E-state index in [0.717, 1.165) is 5.75 Å². The molecule has 2 unspecified atom stereocenters. The molecule has 0 spiro atoms. The Morgan fingerprint density at radius 2 is 2.26 bits per heavy atom. The van der Waals surface area contributed by atoms with Gasteiger partial charge in [-0.15, -0.1) is 0 Å². The lowest BCUT2D eigenvalue weighted by molar-refractivity contribution is -0.123. The van der Waals surface area contributed by atoms with Crippen molar-refractivity contribution in [2.45, 2.75) is 19.1 Å². The third kappa shape index (κ3) is 2.55. The molecule has 0 aliphatic carbocycles. The molecule has 0 saturated carbocycles. The van der Waals surface area contributed by atoms with E-state index in [1.807, 2.05) is 25.1 Å². The summed E-state index contributed by atoms with van der Waals surface area (Å²) in [5, 5.41) is 12.2. The van der Waals surface area contributed by atoms with Crippen molar-refractivity contribution in [3.63, 3.8) is 0 Å². The summed E-state index contributed by atoms with van der Waals surface area (Å²) < 4.78 is 14.1. The highest BCUT2D eigenvalue weighted by Gasteiger charge is 2.30. The summed E-state index contributed by atoms with van der Waals surface area (Å²) in [4.78, 5) is 13.2. The van der Waals surface area contributed by atoms with Crippen LogP contribution in [-0.2, 0) is 4.79 Å². The minimum absolute atomic E-state index is 0.171. The van der Waals surface area contributed by atoms with Gasteiger partial charge in [-0.05, 0) is 25.3 Å². The van der Waals surface area contributed by atoms with Crippen LogP contribution in [-0.4, -0.2) is 36.1 Å². The molecule has 0 bridgehead atoms. The topological polar surface area (TPSA) is 52.6 Å². The van der Waals surface area contributed by atoms with Crippen molar-refractivity contribution in [3.05, 3.63) is 23.5 Å². The van der Waals surface area contributed by atoms with Crippen molar-refractivity contribution >= 4 is 29.0 Å². The molecule has 0 aromatic heterocycles. The number of aliphatic hydroxyl groups excluding tert-OH is 1. The van der Waals surface area contributed by atoms with E-state index in [9.17, 15) is 14.3 Å². The lowest BCUT2D eigenvalue weighted by Gasteiger charge is -2.27. The van der Waals surface area contributed by atoms with Crippen LogP contribution in [0.1, 0.15) is 18.6 Å². The average molecular weight is 284 g/mol. The van der Waals surface area contributed by atoms with Gasteiger partial charge in [-0.3, -0.25) is 4.79 Å². The second-order valence-electron chi connectivity index (χ2n) is 4.70. The first kappa shape index (κ1) is 14.1. The number of benzene rings is 1. The van der Waals surface area contributed by atoms with E-state index in [1.54, 1.807) is 17.8 Å². The molecule has 2 atom stereocenters. The number of carbonyl (C=O) groups is 1. The number of amides is 1. The van der Waals surface area contributed by atoms with Gasteiger partial charge in [0.05, 0.1) is 5.69 Å². The maximum absolute atomic E-state index is 14.1. The SMILES string of the molecule is CSCC(C)N(C)c1cc2c(cc1F)C(O)C(=O)N2. The number of carbonyl (C=O) groups excluding carboxylic acids is 1. The number of hydrogen-bond acceptors (Lipinski definition) is 4. The van der Waals surface area contributed by atoms with Crippen molar-refractivity contribution < 1.29 is 14.3 Å². The summed E-state index contributed by atoms with van der Waals surface area (Å²) >= 11 is 1.69. The molecule has 2 N–H and O–H groups in total. The smallest absolute Gasteiger partial charge is 0.257 e. The lowest BCUT2D eigenvalue weighted by Crippen LogP contribution is -2.31. The van der Waals surface area contributed by atoms with E-state index in [-0.39, 0.29) is 6.04 Å². The van der Waals surface area contributed by atoms with Gasteiger partial charge in [0, 0.05) is 30.1 Å². The Balaban J connectivity index is 2.34. The Labute approximate surface area is 116 Å². The van der Waals surface area contributed by atoms with Crippen LogP contribution in [0.3, 0.4) is 0 Å². The van der Waals surface area contributed by atoms with Gasteiger partial charge < -0.3 is 15.3 Å². The number of anilines is 2. The molecular weight excluding hydrogens is 267 g/mol. The molecule has 6 heteroatoms. The highest BCUT2D eigenvalue weighted by atomic mass is 32.2. The highest BCUT2D eigenvalue weighted by molar-refractivity contribution is 7.98. The Kier molecular flexibility index (Phi) is 4.01. The molecule has 1 aromatic carbocycles. The third-order valence-electron chi connectivity index (χ3n) is 3.37. The number of aliphatic hydroxyl groups is 1. The van der Waals surface area contributed by atoms with E-state index in [2.05, 4.69) is 5.32 Å². The quantitative estimate of drug-likeness (QED) is 0.888. The highest BCUT2D eigenvalue weighted by Crippen LogP contribution is 2.36. The van der Waals surface area contributed by atoms with Crippen molar-refractivity contribution in [2.24, 2.45) is 0 Å². The number of rotatable bonds is 4. The third-order valence-corrected chi connectivity index (χ3v) is 4.18. The zero-order chi connectivity index (χ0) is 14.2. The van der Waals surface area contributed by atoms with Crippen LogP contribution in [0.2, 0.25) is 0 Å². The van der Waals surface area contributed by atoms with Gasteiger partial charge in [-0.25, -0.2) is 4.39 Å². The van der Waals surface area contributed by atoms with Crippen molar-refractivity contribution in [2.75, 3.05) is 29.3 Å². The van der Waals surface area contributed by atoms with Crippen LogP contribution in [0.15, 0.2) is 12.1 Å².